The Bertz CT molecular complexity index is 1100. The van der Waals surface area contributed by atoms with Gasteiger partial charge in [-0.05, 0) is 36.4 Å². The van der Waals surface area contributed by atoms with Crippen LogP contribution in [0.1, 0.15) is 19.0 Å². The molecule has 9 nitrogen and oxygen atoms in total. The lowest BCUT2D eigenvalue weighted by atomic mass is 10.2. The summed E-state index contributed by atoms with van der Waals surface area (Å²) in [6, 6.07) is 6.06. The maximum absolute atomic E-state index is 12.5. The fourth-order valence-corrected chi connectivity index (χ4v) is 5.93. The van der Waals surface area contributed by atoms with Crippen LogP contribution in [0.15, 0.2) is 38.9 Å². The van der Waals surface area contributed by atoms with E-state index in [1.54, 1.807) is 29.3 Å². The molecule has 1 aromatic carbocycles. The number of thiazole rings is 1. The summed E-state index contributed by atoms with van der Waals surface area (Å²) in [5.74, 6) is 1.25. The average Bonchev–Trinajstić information content (AvgIpc) is 3.35. The van der Waals surface area contributed by atoms with Gasteiger partial charge < -0.3 is 10.1 Å². The first-order valence-electron chi connectivity index (χ1n) is 8.77. The fourth-order valence-electron chi connectivity index (χ4n) is 2.26. The van der Waals surface area contributed by atoms with E-state index in [0.29, 0.717) is 23.0 Å². The van der Waals surface area contributed by atoms with E-state index in [-0.39, 0.29) is 22.4 Å². The van der Waals surface area contributed by atoms with Gasteiger partial charge >= 0.3 is 0 Å². The molecule has 0 fully saturated rings. The van der Waals surface area contributed by atoms with Gasteiger partial charge in [-0.2, -0.15) is 0 Å². The van der Waals surface area contributed by atoms with Crippen LogP contribution < -0.4 is 14.8 Å². The van der Waals surface area contributed by atoms with E-state index in [9.17, 15) is 13.2 Å². The Morgan fingerprint density at radius 1 is 1.20 bits per heavy atom. The summed E-state index contributed by atoms with van der Waals surface area (Å²) in [7, 11) is -2.24. The summed E-state index contributed by atoms with van der Waals surface area (Å²) in [6.45, 7) is 2.02. The number of methoxy groups -OCH3 is 1. The predicted octanol–water partition coefficient (Wildman–Crippen LogP) is 3.49. The molecule has 0 aliphatic rings. The third-order valence-electron chi connectivity index (χ3n) is 3.67. The quantitative estimate of drug-likeness (QED) is 0.330. The van der Waals surface area contributed by atoms with Crippen LogP contribution in [0.3, 0.4) is 0 Å². The van der Waals surface area contributed by atoms with E-state index in [1.807, 2.05) is 6.92 Å². The zero-order valence-corrected chi connectivity index (χ0v) is 19.4. The smallest absolute Gasteiger partial charge is 0.263 e. The lowest BCUT2D eigenvalue weighted by molar-refractivity contribution is -0.116. The molecule has 0 saturated carbocycles. The molecule has 1 amide bonds. The number of aromatic nitrogens is 3. The summed E-state index contributed by atoms with van der Waals surface area (Å²) in [5.41, 5.74) is 0.627. The lowest BCUT2D eigenvalue weighted by Gasteiger charge is -2.06. The molecule has 13 heteroatoms. The number of rotatable bonds is 10. The van der Waals surface area contributed by atoms with Crippen molar-refractivity contribution in [1.82, 2.24) is 15.2 Å². The Morgan fingerprint density at radius 2 is 1.97 bits per heavy atom. The van der Waals surface area contributed by atoms with Crippen LogP contribution in [0.4, 0.5) is 10.3 Å². The third kappa shape index (κ3) is 6.14. The molecule has 0 radical (unpaired) electrons. The van der Waals surface area contributed by atoms with Crippen LogP contribution in [0.5, 0.6) is 5.75 Å². The second kappa shape index (κ2) is 10.2. The summed E-state index contributed by atoms with van der Waals surface area (Å²) in [5, 5.41) is 13.1. The highest BCUT2D eigenvalue weighted by Gasteiger charge is 2.17. The van der Waals surface area contributed by atoms with Crippen LogP contribution in [-0.4, -0.2) is 42.4 Å². The normalized spacial score (nSPS) is 11.3. The van der Waals surface area contributed by atoms with Gasteiger partial charge in [-0.1, -0.05) is 30.0 Å². The molecule has 0 spiro atoms. The number of benzene rings is 1. The molecule has 0 atom stereocenters. The summed E-state index contributed by atoms with van der Waals surface area (Å²) in [4.78, 5) is 16.5. The Labute approximate surface area is 186 Å². The molecule has 30 heavy (non-hydrogen) atoms. The zero-order valence-electron chi connectivity index (χ0n) is 16.1. The molecule has 3 rings (SSSR count). The average molecular weight is 486 g/mol. The zero-order chi connectivity index (χ0) is 21.6. The number of nitrogens with one attached hydrogen (secondary N) is 2. The maximum Gasteiger partial charge on any atom is 0.263 e. The summed E-state index contributed by atoms with van der Waals surface area (Å²) >= 11 is 4.05. The number of hydrogen-bond acceptors (Lipinski definition) is 10. The maximum atomic E-state index is 12.5. The van der Waals surface area contributed by atoms with Crippen LogP contribution in [-0.2, 0) is 21.2 Å². The van der Waals surface area contributed by atoms with Crippen molar-refractivity contribution in [2.75, 3.05) is 22.9 Å². The molecule has 0 aliphatic heterocycles. The minimum atomic E-state index is -3.75. The minimum Gasteiger partial charge on any atom is -0.497 e. The first-order chi connectivity index (χ1) is 14.4. The highest BCUT2D eigenvalue weighted by molar-refractivity contribution is 8.01. The lowest BCUT2D eigenvalue weighted by Crippen LogP contribution is -2.13. The second-order valence-electron chi connectivity index (χ2n) is 5.78. The molecule has 0 bridgehead atoms. The van der Waals surface area contributed by atoms with Gasteiger partial charge in [0.25, 0.3) is 10.0 Å². The van der Waals surface area contributed by atoms with Gasteiger partial charge in [-0.25, -0.2) is 13.4 Å². The molecular weight excluding hydrogens is 466 g/mol. The number of thioether (sulfide) groups is 1. The molecule has 3 aromatic rings. The predicted molar refractivity (Wildman–Crippen MR) is 119 cm³/mol. The topological polar surface area (TPSA) is 123 Å². The first kappa shape index (κ1) is 22.5. The summed E-state index contributed by atoms with van der Waals surface area (Å²) in [6.07, 6.45) is 0.576. The van der Waals surface area contributed by atoms with Crippen molar-refractivity contribution in [3.63, 3.8) is 0 Å². The molecule has 2 aromatic heterocycles. The Balaban J connectivity index is 1.53. The Morgan fingerprint density at radius 3 is 2.67 bits per heavy atom. The molecule has 0 unspecified atom stereocenters. The van der Waals surface area contributed by atoms with Crippen molar-refractivity contribution in [1.29, 1.82) is 0 Å². The number of nitrogens with zero attached hydrogens (tertiary/aromatic N) is 3. The highest BCUT2D eigenvalue weighted by Crippen LogP contribution is 2.25. The molecule has 2 N–H and O–H groups in total. The van der Waals surface area contributed by atoms with Crippen molar-refractivity contribution in [2.45, 2.75) is 29.0 Å². The van der Waals surface area contributed by atoms with E-state index in [1.165, 1.54) is 30.6 Å². The number of sulfonamides is 1. The Hall–Kier alpha value is -2.22. The number of hydrogen-bond donors (Lipinski definition) is 2. The minimum absolute atomic E-state index is 0.108. The standard InChI is InChI=1S/C17H19N5O4S4/c1-3-27-17-21-20-15(29-17)19-14(23)9-4-11-10-28-16(18-11)22-30(24,25)13-7-5-12(26-2)6-8-13/h5-8,10H,3-4,9H2,1-2H3,(H,18,22)(H,19,20,23). The van der Waals surface area contributed by atoms with Gasteiger partial charge in [0.05, 0.1) is 17.7 Å². The van der Waals surface area contributed by atoms with Crippen LogP contribution in [0.25, 0.3) is 0 Å². The Kier molecular flexibility index (Phi) is 7.64. The van der Waals surface area contributed by atoms with Gasteiger partial charge in [0, 0.05) is 11.8 Å². The van der Waals surface area contributed by atoms with E-state index >= 15 is 0 Å². The number of ether oxygens (including phenoxy) is 1. The van der Waals surface area contributed by atoms with E-state index in [4.69, 9.17) is 4.74 Å². The van der Waals surface area contributed by atoms with Crippen LogP contribution in [0.2, 0.25) is 0 Å². The van der Waals surface area contributed by atoms with Crippen molar-refractivity contribution in [3.8, 4) is 5.75 Å². The monoisotopic (exact) mass is 485 g/mol. The van der Waals surface area contributed by atoms with Crippen molar-refractivity contribution in [3.05, 3.63) is 35.3 Å². The van der Waals surface area contributed by atoms with Crippen molar-refractivity contribution < 1.29 is 17.9 Å². The summed E-state index contributed by atoms with van der Waals surface area (Å²) < 4.78 is 33.2. The van der Waals surface area contributed by atoms with Gasteiger partial charge in [0.1, 0.15) is 5.75 Å². The number of carbonyl (C=O) groups is 1. The van der Waals surface area contributed by atoms with Crippen LogP contribution in [0, 0.1) is 0 Å². The van der Waals surface area contributed by atoms with Crippen LogP contribution >= 0.6 is 34.4 Å². The molecular formula is C17H19N5O4S4. The number of aryl methyl sites for hydroxylation is 1. The highest BCUT2D eigenvalue weighted by atomic mass is 32.2. The van der Waals surface area contributed by atoms with Crippen molar-refractivity contribution >= 4 is 60.6 Å². The third-order valence-corrected chi connectivity index (χ3v) is 7.82. The number of amides is 1. The SMILES string of the molecule is CCSc1nnc(NC(=O)CCc2csc(NS(=O)(=O)c3ccc(OC)cc3)n2)s1. The van der Waals surface area contributed by atoms with Gasteiger partial charge in [-0.3, -0.25) is 9.52 Å². The van der Waals surface area contributed by atoms with E-state index in [0.717, 1.165) is 21.4 Å². The van der Waals surface area contributed by atoms with Gasteiger partial charge in [0.2, 0.25) is 11.0 Å². The molecule has 0 aliphatic carbocycles. The number of carbonyl (C=O) groups excluding carboxylic acids is 1. The van der Waals surface area contributed by atoms with Gasteiger partial charge in [-0.15, -0.1) is 21.5 Å². The largest absolute Gasteiger partial charge is 0.497 e. The second-order valence-corrected chi connectivity index (χ2v) is 10.8. The number of anilines is 2. The molecule has 0 saturated heterocycles. The molecule has 2 heterocycles. The molecule has 160 valence electrons. The fraction of sp³-hybridized carbons (Fsp3) is 0.294. The van der Waals surface area contributed by atoms with Crippen molar-refractivity contribution in [2.24, 2.45) is 0 Å². The first-order valence-corrected chi connectivity index (χ1v) is 12.9. The van der Waals surface area contributed by atoms with Gasteiger partial charge in [0.15, 0.2) is 9.47 Å². The van der Waals surface area contributed by atoms with E-state index in [2.05, 4.69) is 25.2 Å². The van der Waals surface area contributed by atoms with E-state index < -0.39 is 10.0 Å².